The van der Waals surface area contributed by atoms with Crippen LogP contribution in [0.3, 0.4) is 0 Å². The Morgan fingerprint density at radius 3 is 2.14 bits per heavy atom. The van der Waals surface area contributed by atoms with Crippen LogP contribution in [0.5, 0.6) is 5.75 Å². The van der Waals surface area contributed by atoms with Crippen LogP contribution in [-0.4, -0.2) is 11.9 Å². The minimum Gasteiger partial charge on any atom is -0.492 e. The van der Waals surface area contributed by atoms with Gasteiger partial charge in [0.1, 0.15) is 5.75 Å². The predicted molar refractivity (Wildman–Crippen MR) is 64.6 cm³/mol. The van der Waals surface area contributed by atoms with Gasteiger partial charge in [0.05, 0.1) is 6.61 Å². The van der Waals surface area contributed by atoms with E-state index in [1.807, 2.05) is 6.92 Å². The van der Waals surface area contributed by atoms with Gasteiger partial charge in [0.2, 0.25) is 0 Å². The second kappa shape index (κ2) is 4.74. The van der Waals surface area contributed by atoms with Crippen LogP contribution < -0.4 is 4.74 Å². The van der Waals surface area contributed by atoms with Crippen molar-refractivity contribution in [2.24, 2.45) is 0 Å². The molecule has 0 radical (unpaired) electrons. The highest BCUT2D eigenvalue weighted by Gasteiger charge is 2.05. The zero-order valence-corrected chi connectivity index (χ0v) is 10.2. The van der Waals surface area contributed by atoms with Crippen molar-refractivity contribution in [1.29, 1.82) is 0 Å². The second-order valence-electron chi connectivity index (χ2n) is 3.89. The molecule has 0 saturated heterocycles. The highest BCUT2D eigenvalue weighted by atomic mass is 32.1. The van der Waals surface area contributed by atoms with Gasteiger partial charge in [-0.1, -0.05) is 24.6 Å². The maximum atomic E-state index is 5.71. The first-order valence-electron chi connectivity index (χ1n) is 4.89. The third-order valence-electron chi connectivity index (χ3n) is 2.07. The van der Waals surface area contributed by atoms with E-state index in [1.54, 1.807) is 0 Å². The minimum absolute atomic E-state index is 0.273. The highest BCUT2D eigenvalue weighted by molar-refractivity contribution is 7.80. The summed E-state index contributed by atoms with van der Waals surface area (Å²) in [5.74, 6) is 1.01. The maximum Gasteiger partial charge on any atom is 0.125 e. The molecule has 2 heteroatoms. The quantitative estimate of drug-likeness (QED) is 0.753. The lowest BCUT2D eigenvalue weighted by atomic mass is 10.1. The van der Waals surface area contributed by atoms with Gasteiger partial charge in [-0.2, -0.15) is 12.6 Å². The summed E-state index contributed by atoms with van der Waals surface area (Å²) < 4.78 is 5.71. The molecule has 1 unspecified atom stereocenters. The Balaban J connectivity index is 2.86. The third kappa shape index (κ3) is 2.95. The van der Waals surface area contributed by atoms with Crippen LogP contribution in [0.4, 0.5) is 0 Å². The van der Waals surface area contributed by atoms with E-state index >= 15 is 0 Å². The Morgan fingerprint density at radius 2 is 1.71 bits per heavy atom. The van der Waals surface area contributed by atoms with Crippen LogP contribution in [0.15, 0.2) is 12.1 Å². The Hall–Kier alpha value is -0.630. The van der Waals surface area contributed by atoms with E-state index in [0.717, 1.165) is 5.75 Å². The molecule has 0 fully saturated rings. The summed E-state index contributed by atoms with van der Waals surface area (Å²) in [4.78, 5) is 0. The van der Waals surface area contributed by atoms with Gasteiger partial charge in [0, 0.05) is 5.25 Å². The Morgan fingerprint density at radius 1 is 1.21 bits per heavy atom. The largest absolute Gasteiger partial charge is 0.492 e. The number of rotatable bonds is 3. The van der Waals surface area contributed by atoms with Crippen molar-refractivity contribution in [3.63, 3.8) is 0 Å². The van der Waals surface area contributed by atoms with E-state index in [2.05, 4.69) is 45.5 Å². The summed E-state index contributed by atoms with van der Waals surface area (Å²) in [6, 6.07) is 4.29. The van der Waals surface area contributed by atoms with Crippen molar-refractivity contribution in [3.05, 3.63) is 28.8 Å². The van der Waals surface area contributed by atoms with E-state index in [1.165, 1.54) is 16.7 Å². The predicted octanol–water partition coefficient (Wildman–Crippen LogP) is 3.31. The molecule has 0 amide bonds. The van der Waals surface area contributed by atoms with Crippen LogP contribution in [0.1, 0.15) is 23.6 Å². The van der Waals surface area contributed by atoms with Crippen molar-refractivity contribution in [1.82, 2.24) is 0 Å². The standard InChI is InChI=1S/C12H18OS/c1-8-5-9(2)12(10(3)6-8)13-7-11(4)14/h5-6,11,14H,7H2,1-4H3. The molecule has 1 nitrogen and oxygen atoms in total. The van der Waals surface area contributed by atoms with E-state index in [4.69, 9.17) is 4.74 Å². The molecule has 0 aliphatic carbocycles. The molecule has 0 N–H and O–H groups in total. The molecule has 0 spiro atoms. The number of aryl methyl sites for hydroxylation is 3. The molecule has 0 heterocycles. The molecule has 1 atom stereocenters. The summed E-state index contributed by atoms with van der Waals surface area (Å²) in [7, 11) is 0. The topological polar surface area (TPSA) is 9.23 Å². The summed E-state index contributed by atoms with van der Waals surface area (Å²) in [5, 5.41) is 0.273. The fourth-order valence-corrected chi connectivity index (χ4v) is 1.67. The summed E-state index contributed by atoms with van der Waals surface area (Å²) in [6.45, 7) is 8.96. The number of thiol groups is 1. The molecule has 14 heavy (non-hydrogen) atoms. The van der Waals surface area contributed by atoms with Crippen molar-refractivity contribution in [2.75, 3.05) is 6.61 Å². The van der Waals surface area contributed by atoms with Gasteiger partial charge in [-0.3, -0.25) is 0 Å². The average molecular weight is 210 g/mol. The normalized spacial score (nSPS) is 12.6. The van der Waals surface area contributed by atoms with Gasteiger partial charge in [-0.25, -0.2) is 0 Å². The van der Waals surface area contributed by atoms with Gasteiger partial charge in [0.25, 0.3) is 0 Å². The van der Waals surface area contributed by atoms with Crippen molar-refractivity contribution < 1.29 is 4.74 Å². The molecular formula is C12H18OS. The first-order chi connectivity index (χ1) is 6.50. The van der Waals surface area contributed by atoms with E-state index in [-0.39, 0.29) is 5.25 Å². The monoisotopic (exact) mass is 210 g/mol. The first kappa shape index (κ1) is 11.4. The number of hydrogen-bond acceptors (Lipinski definition) is 2. The van der Waals surface area contributed by atoms with Gasteiger partial charge < -0.3 is 4.74 Å². The lowest BCUT2D eigenvalue weighted by Gasteiger charge is -2.14. The number of hydrogen-bond donors (Lipinski definition) is 1. The number of ether oxygens (including phenoxy) is 1. The zero-order valence-electron chi connectivity index (χ0n) is 9.29. The van der Waals surface area contributed by atoms with Crippen LogP contribution in [0.2, 0.25) is 0 Å². The molecule has 0 bridgehead atoms. The van der Waals surface area contributed by atoms with Crippen LogP contribution in [0, 0.1) is 20.8 Å². The Labute approximate surface area is 91.9 Å². The third-order valence-corrected chi connectivity index (χ3v) is 2.22. The summed E-state index contributed by atoms with van der Waals surface area (Å²) in [5.41, 5.74) is 3.69. The molecule has 1 aromatic rings. The second-order valence-corrected chi connectivity index (χ2v) is 4.77. The van der Waals surface area contributed by atoms with Gasteiger partial charge in [-0.15, -0.1) is 0 Å². The molecule has 0 aliphatic rings. The van der Waals surface area contributed by atoms with Crippen molar-refractivity contribution >= 4 is 12.6 Å². The fraction of sp³-hybridized carbons (Fsp3) is 0.500. The summed E-state index contributed by atoms with van der Waals surface area (Å²) in [6.07, 6.45) is 0. The molecule has 0 saturated carbocycles. The van der Waals surface area contributed by atoms with Gasteiger partial charge >= 0.3 is 0 Å². The smallest absolute Gasteiger partial charge is 0.125 e. The van der Waals surface area contributed by atoms with Gasteiger partial charge in [-0.05, 0) is 31.9 Å². The van der Waals surface area contributed by atoms with E-state index < -0.39 is 0 Å². The maximum absolute atomic E-state index is 5.71. The molecular weight excluding hydrogens is 192 g/mol. The molecule has 0 aromatic heterocycles. The van der Waals surface area contributed by atoms with Crippen LogP contribution >= 0.6 is 12.6 Å². The lowest BCUT2D eigenvalue weighted by molar-refractivity contribution is 0.318. The highest BCUT2D eigenvalue weighted by Crippen LogP contribution is 2.24. The fourth-order valence-electron chi connectivity index (χ4n) is 1.60. The van der Waals surface area contributed by atoms with E-state index in [9.17, 15) is 0 Å². The average Bonchev–Trinajstić information content (AvgIpc) is 2.01. The van der Waals surface area contributed by atoms with E-state index in [0.29, 0.717) is 6.61 Å². The molecule has 1 rings (SSSR count). The summed E-state index contributed by atoms with van der Waals surface area (Å²) >= 11 is 4.29. The Kier molecular flexibility index (Phi) is 3.87. The van der Waals surface area contributed by atoms with Gasteiger partial charge in [0.15, 0.2) is 0 Å². The lowest BCUT2D eigenvalue weighted by Crippen LogP contribution is -2.09. The SMILES string of the molecule is Cc1cc(C)c(OCC(C)S)c(C)c1. The minimum atomic E-state index is 0.273. The molecule has 0 aliphatic heterocycles. The van der Waals surface area contributed by atoms with Crippen molar-refractivity contribution in [2.45, 2.75) is 32.9 Å². The molecule has 1 aromatic carbocycles. The van der Waals surface area contributed by atoms with Crippen LogP contribution in [-0.2, 0) is 0 Å². The van der Waals surface area contributed by atoms with Crippen LogP contribution in [0.25, 0.3) is 0 Å². The zero-order chi connectivity index (χ0) is 10.7. The molecule has 78 valence electrons. The van der Waals surface area contributed by atoms with Crippen molar-refractivity contribution in [3.8, 4) is 5.75 Å². The first-order valence-corrected chi connectivity index (χ1v) is 5.41. The number of benzene rings is 1. The Bertz CT molecular complexity index is 295.